The summed E-state index contributed by atoms with van der Waals surface area (Å²) in [4.78, 5) is 31.3. The zero-order chi connectivity index (χ0) is 44.4. The third-order valence-electron chi connectivity index (χ3n) is 15.6. The van der Waals surface area contributed by atoms with Crippen LogP contribution < -0.4 is 5.32 Å². The summed E-state index contributed by atoms with van der Waals surface area (Å²) in [7, 11) is 9.09. The molecule has 6 aliphatic rings. The van der Waals surface area contributed by atoms with Gasteiger partial charge in [0.2, 0.25) is 0 Å². The summed E-state index contributed by atoms with van der Waals surface area (Å²) >= 11 is 0. The number of methoxy groups -OCH3 is 3. The van der Waals surface area contributed by atoms with Gasteiger partial charge in [0.25, 0.3) is 0 Å². The van der Waals surface area contributed by atoms with Gasteiger partial charge in [-0.3, -0.25) is 9.59 Å². The Bertz CT molecular complexity index is 1660. The van der Waals surface area contributed by atoms with Crippen LogP contribution in [0.25, 0.3) is 0 Å². The van der Waals surface area contributed by atoms with Gasteiger partial charge in [-0.05, 0) is 115 Å². The van der Waals surface area contributed by atoms with Gasteiger partial charge in [0.1, 0.15) is 24.4 Å². The predicted octanol–water partition coefficient (Wildman–Crippen LogP) is 6.01. The summed E-state index contributed by atoms with van der Waals surface area (Å²) in [6.07, 6.45) is 3.62. The van der Waals surface area contributed by atoms with Crippen molar-refractivity contribution in [1.29, 1.82) is 0 Å². The van der Waals surface area contributed by atoms with Crippen LogP contribution in [0.2, 0.25) is 0 Å². The molecule has 348 valence electrons. The first-order chi connectivity index (χ1) is 29.8. The molecule has 7 rings (SSSR count). The average molecular weight is 869 g/mol. The third-order valence-corrected chi connectivity index (χ3v) is 15.6. The molecular weight excluding hydrogens is 793 g/mol. The smallest absolute Gasteiger partial charge is 0.306 e. The van der Waals surface area contributed by atoms with Crippen molar-refractivity contribution in [2.45, 2.75) is 178 Å². The molecule has 0 amide bonds. The van der Waals surface area contributed by atoms with Crippen LogP contribution in [0.4, 0.5) is 0 Å². The van der Waals surface area contributed by atoms with E-state index in [2.05, 4.69) is 56.4 Å². The van der Waals surface area contributed by atoms with Gasteiger partial charge in [0.05, 0.1) is 36.9 Å². The number of nitrogens with one attached hydrogen (secondary N) is 1. The lowest BCUT2D eigenvalue weighted by molar-refractivity contribution is -0.314. The molecule has 2 N–H and O–H groups in total. The summed E-state index contributed by atoms with van der Waals surface area (Å²) in [5, 5.41) is 16.7. The fourth-order valence-electron chi connectivity index (χ4n) is 12.4. The first kappa shape index (κ1) is 47.7. The van der Waals surface area contributed by atoms with Crippen LogP contribution in [0.1, 0.15) is 104 Å². The van der Waals surface area contributed by atoms with Crippen molar-refractivity contribution >= 4 is 11.8 Å². The largest absolute Gasteiger partial charge is 0.462 e. The molecule has 0 spiro atoms. The van der Waals surface area contributed by atoms with Crippen molar-refractivity contribution in [2.75, 3.05) is 35.4 Å². The molecule has 1 aromatic carbocycles. The maximum Gasteiger partial charge on any atom is 0.306 e. The highest BCUT2D eigenvalue weighted by molar-refractivity contribution is 5.99. The molecule has 2 saturated carbocycles. The number of hydrogen-bond donors (Lipinski definition) is 2. The van der Waals surface area contributed by atoms with Gasteiger partial charge in [0, 0.05) is 57.2 Å². The molecule has 3 aliphatic heterocycles. The monoisotopic (exact) mass is 869 g/mol. The number of likely N-dealkylation sites (N-methyl/N-ethyl adjacent to an activating group) is 1. The minimum absolute atomic E-state index is 0.00385. The van der Waals surface area contributed by atoms with E-state index in [9.17, 15) is 9.90 Å². The Morgan fingerprint density at radius 1 is 0.871 bits per heavy atom. The molecule has 0 bridgehead atoms. The Hall–Kier alpha value is -2.30. The Kier molecular flexibility index (Phi) is 16.1. The first-order valence-corrected chi connectivity index (χ1v) is 23.6. The minimum atomic E-state index is -0.859. The Morgan fingerprint density at radius 2 is 1.58 bits per heavy atom. The number of aliphatic hydroxyl groups excluding tert-OH is 1. The van der Waals surface area contributed by atoms with E-state index in [0.717, 1.165) is 24.8 Å². The van der Waals surface area contributed by atoms with Gasteiger partial charge in [0.15, 0.2) is 18.4 Å². The number of rotatable bonds is 12. The molecule has 13 nitrogen and oxygen atoms in total. The molecule has 0 aromatic heterocycles. The number of hydrogen-bond acceptors (Lipinski definition) is 13. The van der Waals surface area contributed by atoms with Gasteiger partial charge in [-0.1, -0.05) is 50.3 Å². The molecule has 20 atom stereocenters. The fourth-order valence-corrected chi connectivity index (χ4v) is 12.4. The first-order valence-electron chi connectivity index (χ1n) is 23.6. The van der Waals surface area contributed by atoms with Crippen molar-refractivity contribution in [1.82, 2.24) is 10.2 Å². The Morgan fingerprint density at radius 3 is 2.24 bits per heavy atom. The highest BCUT2D eigenvalue weighted by Crippen LogP contribution is 2.57. The fraction of sp³-hybridized carbons (Fsp3) is 0.796. The van der Waals surface area contributed by atoms with Crippen LogP contribution in [0.3, 0.4) is 0 Å². The van der Waals surface area contributed by atoms with Gasteiger partial charge in [-0.2, -0.15) is 0 Å². The van der Waals surface area contributed by atoms with Gasteiger partial charge < -0.3 is 53.2 Å². The van der Waals surface area contributed by atoms with Gasteiger partial charge in [-0.15, -0.1) is 0 Å². The molecule has 1 aromatic rings. The second-order valence-electron chi connectivity index (χ2n) is 19.4. The number of cyclic esters (lactones) is 1. The minimum Gasteiger partial charge on any atom is -0.462 e. The van der Waals surface area contributed by atoms with Crippen LogP contribution in [-0.2, 0) is 47.5 Å². The van der Waals surface area contributed by atoms with Gasteiger partial charge in [-0.25, -0.2) is 0 Å². The lowest BCUT2D eigenvalue weighted by Gasteiger charge is -2.48. The molecule has 62 heavy (non-hydrogen) atoms. The van der Waals surface area contributed by atoms with E-state index in [1.54, 1.807) is 21.3 Å². The molecule has 13 heteroatoms. The maximum absolute atomic E-state index is 15.1. The van der Waals surface area contributed by atoms with Crippen LogP contribution in [-0.4, -0.2) is 137 Å². The molecule has 3 unspecified atom stereocenters. The van der Waals surface area contributed by atoms with E-state index in [1.165, 1.54) is 0 Å². The Labute approximate surface area is 370 Å². The normalized spacial score (nSPS) is 43.4. The topological polar surface area (TPSA) is 143 Å². The SMILES string of the molecule is CC[C@H]1CCC[C@H](O[C@H]2CC[C@H](N(C)C)C(C)O2)[C@@H](C)C(=O)C2=C[C@H]3[C@@H]4C[C@H](O[C@@H]5OC(C)[C@H](OC)C(OC)[C@@H]5OC)C[C@H]4[C@H](N[C@H](C)c4ccccc4)[C@@H](O)[C@H]3[C@@H]2CC(=O)O1. The van der Waals surface area contributed by atoms with E-state index in [1.807, 2.05) is 39.0 Å². The quantitative estimate of drug-likeness (QED) is 0.237. The Balaban J connectivity index is 1.20. The second-order valence-corrected chi connectivity index (χ2v) is 19.4. The molecule has 3 aliphatic carbocycles. The predicted molar refractivity (Wildman–Crippen MR) is 233 cm³/mol. The zero-order valence-corrected chi connectivity index (χ0v) is 38.9. The van der Waals surface area contributed by atoms with E-state index in [-0.39, 0.29) is 90.6 Å². The maximum atomic E-state index is 15.1. The summed E-state index contributed by atoms with van der Waals surface area (Å²) in [5.74, 6) is -1.84. The number of esters is 1. The molecule has 3 saturated heterocycles. The number of allylic oxidation sites excluding steroid dienone is 2. The highest BCUT2D eigenvalue weighted by Gasteiger charge is 2.60. The molecule has 5 fully saturated rings. The van der Waals surface area contributed by atoms with Crippen molar-refractivity contribution in [3.05, 3.63) is 47.5 Å². The van der Waals surface area contributed by atoms with Crippen LogP contribution in [0.15, 0.2) is 42.0 Å². The van der Waals surface area contributed by atoms with E-state index < -0.39 is 42.7 Å². The van der Waals surface area contributed by atoms with E-state index in [0.29, 0.717) is 43.7 Å². The average Bonchev–Trinajstić information content (AvgIpc) is 3.85. The van der Waals surface area contributed by atoms with Crippen molar-refractivity contribution in [3.8, 4) is 0 Å². The number of ketones is 1. The summed E-state index contributed by atoms with van der Waals surface area (Å²) in [5.41, 5.74) is 1.73. The number of ether oxygens (including phenoxy) is 8. The van der Waals surface area contributed by atoms with Crippen molar-refractivity contribution in [2.24, 2.45) is 35.5 Å². The number of Topliss-reactive ketones (excluding diaryl/α,β-unsaturated/α-hetero) is 1. The van der Waals surface area contributed by atoms with Crippen LogP contribution in [0, 0.1) is 35.5 Å². The van der Waals surface area contributed by atoms with E-state index >= 15 is 4.79 Å². The van der Waals surface area contributed by atoms with Gasteiger partial charge >= 0.3 is 5.97 Å². The summed E-state index contributed by atoms with van der Waals surface area (Å²) in [6, 6.07) is 10.1. The molecule has 3 heterocycles. The number of benzene rings is 1. The lowest BCUT2D eigenvalue weighted by Crippen LogP contribution is -2.59. The van der Waals surface area contributed by atoms with Crippen molar-refractivity contribution < 1.29 is 52.6 Å². The summed E-state index contributed by atoms with van der Waals surface area (Å²) in [6.45, 7) is 10.2. The van der Waals surface area contributed by atoms with Crippen LogP contribution >= 0.6 is 0 Å². The number of nitrogens with zero attached hydrogens (tertiary/aromatic N) is 1. The number of aliphatic hydroxyl groups is 1. The number of carbonyl (C=O) groups is 2. The second kappa shape index (κ2) is 20.9. The standard InChI is InChI=1S/C49H76N2O11/c1-11-31-18-15-19-39(62-41-21-20-38(51(6)7)28(4)58-41)26(2)44(53)37-24-34-33-22-32(61-49-48(57-10)47(56-9)46(55-8)29(5)59-49)23-36(33)43(50-27(3)30-16-13-12-14-17-30)45(54)42(34)35(37)25-40(52)60-31/h12-14,16-17,24,26-29,31-36,38-39,41-43,45-50,54H,11,15,18-23,25H2,1-10H3/t26-,27-,28?,29?,31+,32+,33+,34+,35-,36-,38+,39+,41+,42-,43+,45+,46+,47?,48+,49+/m1/s1. The zero-order valence-electron chi connectivity index (χ0n) is 38.9. The van der Waals surface area contributed by atoms with Crippen LogP contribution in [0.5, 0.6) is 0 Å². The molecule has 0 radical (unpaired) electrons. The molecular formula is C49H76N2O11. The number of fused-ring (bicyclic) bond motifs is 5. The summed E-state index contributed by atoms with van der Waals surface area (Å²) < 4.78 is 50.4. The number of carbonyl (C=O) groups excluding carboxylic acids is 2. The van der Waals surface area contributed by atoms with E-state index in [4.69, 9.17) is 37.9 Å². The highest BCUT2D eigenvalue weighted by atomic mass is 16.7. The van der Waals surface area contributed by atoms with Crippen molar-refractivity contribution in [3.63, 3.8) is 0 Å². The lowest BCUT2D eigenvalue weighted by atomic mass is 9.62. The third kappa shape index (κ3) is 9.93.